The standard InChI is InChI=1S/C13H13N5OS/c14-3-8-12-9(4-17-5-11(12)20-13(8)15)10(19)6-18-2-1-16-7-18/h1-2,7,9,17H,4-6,15H2. The number of nitrogens with zero attached hydrogens (tertiary/aromatic N) is 3. The Morgan fingerprint density at radius 1 is 1.70 bits per heavy atom. The maximum Gasteiger partial charge on any atom is 0.161 e. The van der Waals surface area contributed by atoms with Gasteiger partial charge in [0.25, 0.3) is 0 Å². The predicted molar refractivity (Wildman–Crippen MR) is 75.1 cm³/mol. The van der Waals surface area contributed by atoms with Crippen molar-refractivity contribution in [3.63, 3.8) is 0 Å². The number of Topliss-reactive ketones (excluding diaryl/α,β-unsaturated/α-hetero) is 1. The van der Waals surface area contributed by atoms with Crippen LogP contribution in [-0.4, -0.2) is 21.9 Å². The summed E-state index contributed by atoms with van der Waals surface area (Å²) in [6, 6.07) is 2.13. The van der Waals surface area contributed by atoms with Crippen molar-refractivity contribution in [1.29, 1.82) is 5.26 Å². The van der Waals surface area contributed by atoms with Crippen LogP contribution in [0.4, 0.5) is 5.00 Å². The number of nitrogens with two attached hydrogens (primary N) is 1. The molecule has 0 spiro atoms. The Balaban J connectivity index is 1.93. The summed E-state index contributed by atoms with van der Waals surface area (Å²) in [7, 11) is 0. The molecule has 7 heteroatoms. The quantitative estimate of drug-likeness (QED) is 0.872. The topological polar surface area (TPSA) is 96.7 Å². The van der Waals surface area contributed by atoms with E-state index in [9.17, 15) is 10.1 Å². The summed E-state index contributed by atoms with van der Waals surface area (Å²) in [6.45, 7) is 1.47. The van der Waals surface area contributed by atoms with E-state index in [0.29, 0.717) is 23.7 Å². The van der Waals surface area contributed by atoms with E-state index in [1.165, 1.54) is 11.3 Å². The monoisotopic (exact) mass is 287 g/mol. The van der Waals surface area contributed by atoms with Gasteiger partial charge in [0.2, 0.25) is 0 Å². The summed E-state index contributed by atoms with van der Waals surface area (Å²) < 4.78 is 1.73. The van der Waals surface area contributed by atoms with Gasteiger partial charge in [0.1, 0.15) is 11.1 Å². The molecule has 20 heavy (non-hydrogen) atoms. The van der Waals surface area contributed by atoms with Gasteiger partial charge in [-0.15, -0.1) is 11.3 Å². The van der Waals surface area contributed by atoms with E-state index in [0.717, 1.165) is 10.4 Å². The Morgan fingerprint density at radius 2 is 2.55 bits per heavy atom. The molecule has 1 aliphatic rings. The first-order valence-electron chi connectivity index (χ1n) is 6.21. The number of nitrogen functional groups attached to an aromatic ring is 1. The Morgan fingerprint density at radius 3 is 3.25 bits per heavy atom. The van der Waals surface area contributed by atoms with Gasteiger partial charge < -0.3 is 15.6 Å². The number of nitrogens with one attached hydrogen (secondary N) is 1. The summed E-state index contributed by atoms with van der Waals surface area (Å²) in [5.41, 5.74) is 7.16. The first-order valence-corrected chi connectivity index (χ1v) is 7.02. The number of anilines is 1. The van der Waals surface area contributed by atoms with Crippen molar-refractivity contribution in [1.82, 2.24) is 14.9 Å². The minimum atomic E-state index is -0.315. The minimum Gasteiger partial charge on any atom is -0.389 e. The number of hydrogen-bond acceptors (Lipinski definition) is 6. The third-order valence-electron chi connectivity index (χ3n) is 3.43. The molecule has 1 aliphatic heterocycles. The number of hydrogen-bond donors (Lipinski definition) is 2. The fourth-order valence-electron chi connectivity index (χ4n) is 2.50. The van der Waals surface area contributed by atoms with Crippen LogP contribution in [0.25, 0.3) is 0 Å². The van der Waals surface area contributed by atoms with Crippen molar-refractivity contribution in [2.24, 2.45) is 0 Å². The van der Waals surface area contributed by atoms with E-state index < -0.39 is 0 Å². The van der Waals surface area contributed by atoms with Gasteiger partial charge in [-0.05, 0) is 5.56 Å². The number of thiophene rings is 1. The summed E-state index contributed by atoms with van der Waals surface area (Å²) in [5.74, 6) is -0.255. The van der Waals surface area contributed by atoms with Crippen molar-refractivity contribution in [3.8, 4) is 6.07 Å². The van der Waals surface area contributed by atoms with Gasteiger partial charge in [-0.2, -0.15) is 5.26 Å². The molecule has 6 nitrogen and oxygen atoms in total. The molecule has 0 bridgehead atoms. The maximum atomic E-state index is 12.5. The van der Waals surface area contributed by atoms with E-state index in [2.05, 4.69) is 16.4 Å². The highest BCUT2D eigenvalue weighted by Gasteiger charge is 2.31. The number of aromatic nitrogens is 2. The Bertz CT molecular complexity index is 682. The van der Waals surface area contributed by atoms with E-state index in [1.54, 1.807) is 23.3 Å². The second-order valence-electron chi connectivity index (χ2n) is 4.67. The van der Waals surface area contributed by atoms with E-state index in [4.69, 9.17) is 5.73 Å². The van der Waals surface area contributed by atoms with Gasteiger partial charge >= 0.3 is 0 Å². The first kappa shape index (κ1) is 12.8. The van der Waals surface area contributed by atoms with Gasteiger partial charge in [0.05, 0.1) is 24.4 Å². The largest absolute Gasteiger partial charge is 0.389 e. The fraction of sp³-hybridized carbons (Fsp3) is 0.308. The van der Waals surface area contributed by atoms with Crippen LogP contribution in [0.3, 0.4) is 0 Å². The zero-order valence-corrected chi connectivity index (χ0v) is 11.5. The second kappa shape index (κ2) is 5.07. The van der Waals surface area contributed by atoms with Crippen LogP contribution in [0.5, 0.6) is 0 Å². The van der Waals surface area contributed by atoms with Gasteiger partial charge in [0.15, 0.2) is 5.78 Å². The molecule has 3 heterocycles. The van der Waals surface area contributed by atoms with Gasteiger partial charge in [-0.25, -0.2) is 4.98 Å². The Hall–Kier alpha value is -2.17. The SMILES string of the molecule is N#Cc1c(N)sc2c1C(C(=O)Cn1ccnc1)CNC2. The van der Waals surface area contributed by atoms with Crippen LogP contribution in [0.2, 0.25) is 0 Å². The smallest absolute Gasteiger partial charge is 0.161 e. The van der Waals surface area contributed by atoms with Crippen LogP contribution in [-0.2, 0) is 17.9 Å². The number of rotatable bonds is 3. The highest BCUT2D eigenvalue weighted by atomic mass is 32.1. The third kappa shape index (κ3) is 2.09. The van der Waals surface area contributed by atoms with Gasteiger partial charge in [-0.1, -0.05) is 0 Å². The molecule has 3 rings (SSSR count). The lowest BCUT2D eigenvalue weighted by Gasteiger charge is -2.23. The van der Waals surface area contributed by atoms with Crippen molar-refractivity contribution in [3.05, 3.63) is 34.7 Å². The van der Waals surface area contributed by atoms with E-state index in [-0.39, 0.29) is 18.2 Å². The number of nitriles is 1. The van der Waals surface area contributed by atoms with Crippen molar-refractivity contribution in [2.75, 3.05) is 12.3 Å². The number of ketones is 1. The van der Waals surface area contributed by atoms with Crippen LogP contribution >= 0.6 is 11.3 Å². The van der Waals surface area contributed by atoms with Crippen molar-refractivity contribution in [2.45, 2.75) is 19.0 Å². The number of carbonyl (C=O) groups excluding carboxylic acids is 1. The molecule has 0 amide bonds. The lowest BCUT2D eigenvalue weighted by Crippen LogP contribution is -2.33. The molecular weight excluding hydrogens is 274 g/mol. The lowest BCUT2D eigenvalue weighted by molar-refractivity contribution is -0.121. The summed E-state index contributed by atoms with van der Waals surface area (Å²) in [4.78, 5) is 17.4. The molecule has 1 unspecified atom stereocenters. The molecule has 3 N–H and O–H groups in total. The van der Waals surface area contributed by atoms with E-state index >= 15 is 0 Å². The fourth-order valence-corrected chi connectivity index (χ4v) is 3.56. The van der Waals surface area contributed by atoms with E-state index in [1.807, 2.05) is 0 Å². The lowest BCUT2D eigenvalue weighted by atomic mass is 9.89. The average molecular weight is 287 g/mol. The minimum absolute atomic E-state index is 0.0609. The molecule has 1 atom stereocenters. The van der Waals surface area contributed by atoms with Gasteiger partial charge in [0, 0.05) is 30.4 Å². The number of fused-ring (bicyclic) bond motifs is 1. The first-order chi connectivity index (χ1) is 9.70. The third-order valence-corrected chi connectivity index (χ3v) is 4.46. The molecule has 102 valence electrons. The molecule has 0 saturated heterocycles. The maximum absolute atomic E-state index is 12.5. The summed E-state index contributed by atoms with van der Waals surface area (Å²) in [6.07, 6.45) is 5.01. The normalized spacial score (nSPS) is 17.4. The molecule has 0 aliphatic carbocycles. The highest BCUT2D eigenvalue weighted by molar-refractivity contribution is 7.16. The van der Waals surface area contributed by atoms with Crippen LogP contribution < -0.4 is 11.1 Å². The molecule has 0 saturated carbocycles. The Kier molecular flexibility index (Phi) is 3.26. The molecule has 2 aromatic heterocycles. The molecular formula is C13H13N5OS. The van der Waals surface area contributed by atoms with Crippen LogP contribution in [0.1, 0.15) is 21.9 Å². The van der Waals surface area contributed by atoms with Crippen molar-refractivity contribution < 1.29 is 4.79 Å². The molecule has 0 fully saturated rings. The van der Waals surface area contributed by atoms with Crippen molar-refractivity contribution >= 4 is 22.1 Å². The number of carbonyl (C=O) groups is 1. The molecule has 0 radical (unpaired) electrons. The summed E-state index contributed by atoms with van der Waals surface area (Å²) in [5, 5.41) is 13.0. The average Bonchev–Trinajstić information content (AvgIpc) is 3.04. The summed E-state index contributed by atoms with van der Waals surface area (Å²) >= 11 is 1.39. The number of imidazole rings is 1. The van der Waals surface area contributed by atoms with Gasteiger partial charge in [-0.3, -0.25) is 4.79 Å². The predicted octanol–water partition coefficient (Wildman–Crippen LogP) is 0.855. The second-order valence-corrected chi connectivity index (χ2v) is 5.81. The molecule has 2 aromatic rings. The Labute approximate surface area is 119 Å². The zero-order chi connectivity index (χ0) is 14.1. The molecule has 0 aromatic carbocycles. The van der Waals surface area contributed by atoms with Crippen LogP contribution in [0, 0.1) is 11.3 Å². The van der Waals surface area contributed by atoms with Crippen LogP contribution in [0.15, 0.2) is 18.7 Å². The zero-order valence-electron chi connectivity index (χ0n) is 10.7. The highest BCUT2D eigenvalue weighted by Crippen LogP contribution is 2.38.